The van der Waals surface area contributed by atoms with Crippen LogP contribution < -0.4 is 29.6 Å². The average molecular weight is 1740 g/mol. The van der Waals surface area contributed by atoms with Gasteiger partial charge in [0.25, 0.3) is 0 Å². The Bertz CT molecular complexity index is 5140. The molecule has 18 nitrogen and oxygen atoms in total. The van der Waals surface area contributed by atoms with Crippen molar-refractivity contribution >= 4 is 36.6 Å². The molecule has 28 rings (SSSR count). The maximum atomic E-state index is 14.1. The Morgan fingerprint density at radius 1 is 0.408 bits per heavy atom. The van der Waals surface area contributed by atoms with Gasteiger partial charge < -0.3 is 59.2 Å². The summed E-state index contributed by atoms with van der Waals surface area (Å²) in [7, 11) is -1.60. The number of hydrogen-bond donors (Lipinski definition) is 6. The summed E-state index contributed by atoms with van der Waals surface area (Å²) in [6.07, 6.45) is 40.5. The van der Waals surface area contributed by atoms with E-state index in [-0.39, 0.29) is 127 Å². The van der Waals surface area contributed by atoms with Crippen LogP contribution in [0.4, 0.5) is 0 Å². The van der Waals surface area contributed by atoms with Crippen LogP contribution in [0.3, 0.4) is 0 Å². The van der Waals surface area contributed by atoms with Gasteiger partial charge >= 0.3 is 29.6 Å². The average Bonchev–Trinajstić information content (AvgIpc) is 1.27. The van der Waals surface area contributed by atoms with Crippen molar-refractivity contribution in [3.63, 3.8) is 0 Å². The molecule has 0 saturated heterocycles. The van der Waals surface area contributed by atoms with E-state index in [9.17, 15) is 30.0 Å². The minimum absolute atomic E-state index is 0. The predicted octanol–water partition coefficient (Wildman–Crippen LogP) is 16.6. The van der Waals surface area contributed by atoms with Gasteiger partial charge in [-0.05, 0) is 282 Å². The summed E-state index contributed by atoms with van der Waals surface area (Å²) in [5.74, 6) is 7.67. The maximum Gasteiger partial charge on any atom is 1.00 e. The van der Waals surface area contributed by atoms with Gasteiger partial charge in [0.05, 0.1) is 134 Å². The number of aliphatic hydroxyl groups excluding tert-OH is 6. The first-order valence-electron chi connectivity index (χ1n) is 46.9. The maximum absolute atomic E-state index is 14.1. The zero-order valence-electron chi connectivity index (χ0n) is 77.0. The number of nitrogens with zero attached hydrogens (tertiary/aromatic N) is 8. The van der Waals surface area contributed by atoms with Gasteiger partial charge in [-0.15, -0.1) is 0 Å². The van der Waals surface area contributed by atoms with Crippen molar-refractivity contribution in [1.29, 1.82) is 0 Å². The van der Waals surface area contributed by atoms with Crippen molar-refractivity contribution in [2.24, 2.45) is 92.7 Å². The van der Waals surface area contributed by atoms with E-state index in [1.165, 1.54) is 101 Å². The second-order valence-electron chi connectivity index (χ2n) is 44.7. The smallest absolute Gasteiger partial charge is 1.00 e. The fourth-order valence-electron chi connectivity index (χ4n) is 29.3. The molecule has 14 unspecified atom stereocenters. The number of ketones is 2. The molecular formula is C103H141BN8NaO10Si2. The Balaban J connectivity index is 0.000000127. The third kappa shape index (κ3) is 15.8. The van der Waals surface area contributed by atoms with Crippen LogP contribution in [-0.2, 0) is 18.4 Å². The van der Waals surface area contributed by atoms with Crippen LogP contribution in [0.1, 0.15) is 251 Å². The predicted molar refractivity (Wildman–Crippen MR) is 494 cm³/mol. The molecule has 3 radical (unpaired) electrons. The fourth-order valence-corrected chi connectivity index (χ4v) is 32.2. The quantitative estimate of drug-likeness (QED) is 0.0493. The molecule has 16 aliphatic carbocycles. The Morgan fingerprint density at radius 3 is 0.968 bits per heavy atom. The number of hydrogen-bond acceptors (Lipinski definition) is 14. The largest absolute Gasteiger partial charge is 1.00 e. The summed E-state index contributed by atoms with van der Waals surface area (Å²) in [5.41, 5.74) is 14.6. The molecule has 6 N–H and O–H groups in total. The summed E-state index contributed by atoms with van der Waals surface area (Å²) in [6.45, 7) is 23.7. The van der Waals surface area contributed by atoms with Crippen molar-refractivity contribution in [2.75, 3.05) is 14.2 Å². The van der Waals surface area contributed by atoms with E-state index in [4.69, 9.17) is 19.1 Å². The molecule has 8 heterocycles. The molecule has 16 saturated carbocycles. The number of benzene rings is 4. The van der Waals surface area contributed by atoms with Crippen LogP contribution in [0, 0.1) is 92.7 Å². The first-order chi connectivity index (χ1) is 58.4. The Morgan fingerprint density at radius 2 is 0.656 bits per heavy atom. The van der Waals surface area contributed by atoms with Gasteiger partial charge in [-0.3, -0.25) is 9.59 Å². The first kappa shape index (κ1) is 92.5. The molecule has 16 fully saturated rings. The fraction of sp³-hybridized carbons (Fsp3) is 0.631. The molecule has 20 aliphatic rings. The van der Waals surface area contributed by atoms with E-state index < -0.39 is 16.6 Å². The van der Waals surface area contributed by atoms with Crippen LogP contribution in [0.5, 0.6) is 0 Å². The molecule has 16 bridgehead atoms. The Labute approximate surface area is 770 Å². The third-order valence-corrected chi connectivity index (χ3v) is 45.0. The minimum atomic E-state index is -1.81. The van der Waals surface area contributed by atoms with Crippen molar-refractivity contribution in [3.8, 4) is 45.0 Å². The van der Waals surface area contributed by atoms with Crippen molar-refractivity contribution < 1.29 is 80.1 Å². The summed E-state index contributed by atoms with van der Waals surface area (Å²) >= 11 is 0. The summed E-state index contributed by atoms with van der Waals surface area (Å²) in [4.78, 5) is 45.2. The molecule has 4 aliphatic heterocycles. The zero-order valence-corrected chi connectivity index (χ0v) is 80.0. The van der Waals surface area contributed by atoms with Crippen molar-refractivity contribution in [2.45, 2.75) is 300 Å². The van der Waals surface area contributed by atoms with Crippen LogP contribution in [0.25, 0.3) is 45.0 Å². The molecule has 14 atom stereocenters. The van der Waals surface area contributed by atoms with E-state index in [2.05, 4.69) is 203 Å². The van der Waals surface area contributed by atoms with Crippen molar-refractivity contribution in [3.05, 3.63) is 169 Å². The third-order valence-electron chi connectivity index (χ3n) is 36.0. The monoisotopic (exact) mass is 1740 g/mol. The number of aliphatic hydroxyl groups is 6. The number of carbonyl (C=O) groups is 2. The van der Waals surface area contributed by atoms with E-state index in [0.717, 1.165) is 128 Å². The Hall–Kier alpha value is -5.76. The van der Waals surface area contributed by atoms with Gasteiger partial charge in [0.15, 0.2) is 16.6 Å². The van der Waals surface area contributed by atoms with Gasteiger partial charge in [-0.2, -0.15) is 0 Å². The van der Waals surface area contributed by atoms with Crippen LogP contribution in [-0.4, -0.2) is 156 Å². The molecule has 0 spiro atoms. The van der Waals surface area contributed by atoms with E-state index in [1.807, 2.05) is 50.1 Å². The van der Waals surface area contributed by atoms with Crippen LogP contribution in [0.15, 0.2) is 147 Å². The Kier molecular flexibility index (Phi) is 25.7. The molecule has 125 heavy (non-hydrogen) atoms. The molecule has 22 heteroatoms. The minimum Gasteiger partial charge on any atom is -1.00 e. The standard InChI is InChI=1S/C28H40N2O2Si.C28H38N2O2Si.C22H26N2O2.C22H24N2O2.2CH4O.CH4.B.Na.H/c2*1-27(2,3)33(4,5)32-26-19-10-18-11-20(26)15-28(13-18,14-19)25(31)12-23-21-8-6-7-9-22(21)24-16-29-17-30(23)24;2*25-20(22-8-13-5-14(9-22)21(26)15(6-13)10-22)7-18-16-3-1-2-4-17(16)19-11-23-12-24(18)19;2*1-2;;;;/h6-9,16-20,23,25-26,31H,10-15H2,1-5H3;6-9,16-20,23,26H,10-15H2,1-5H3;1-4,11-15,18,20-21,25-26H,5-10H2;1-4,11-15,18,21,26H,5-10H2;2*2H,1H3;1H4;;;/q;;;;;;;;+1;-1. The van der Waals surface area contributed by atoms with Gasteiger partial charge in [0, 0.05) is 68.6 Å². The van der Waals surface area contributed by atoms with Gasteiger partial charge in [0.2, 0.25) is 0 Å². The number of imidazole rings is 4. The zero-order chi connectivity index (χ0) is 85.3. The van der Waals surface area contributed by atoms with Gasteiger partial charge in [0.1, 0.15) is 11.6 Å². The van der Waals surface area contributed by atoms with Gasteiger partial charge in [-0.1, -0.05) is 146 Å². The summed E-state index contributed by atoms with van der Waals surface area (Å²) in [6, 6.07) is 34.7. The number of Topliss-reactive ketones (excluding diaryl/α,β-unsaturated/α-hetero) is 2. The normalized spacial score (nSPS) is 35.1. The number of rotatable bonds is 16. The van der Waals surface area contributed by atoms with E-state index in [0.29, 0.717) is 102 Å². The topological polar surface area (TPSA) is 245 Å². The molecule has 665 valence electrons. The second-order valence-corrected chi connectivity index (χ2v) is 54.3. The summed E-state index contributed by atoms with van der Waals surface area (Å²) < 4.78 is 23.0. The van der Waals surface area contributed by atoms with E-state index in [1.54, 1.807) is 0 Å². The number of carbonyl (C=O) groups excluding carboxylic acids is 2. The molecular weight excluding hydrogens is 1600 g/mol. The SMILES string of the molecule is C.CC(C)(C)[Si](C)(C)OC1C2CC3CC1CC(C(=O)CC1c4ccccc4-c4cncn41)(C3)C2.CC(C)(C)[Si](C)(C)OC1C2CC3CC1CC(C(O)CC1c4ccccc4-c4cncn41)(C3)C2.CO.CO.O=C(CC1c2ccccc2-c2cncn21)C12CC3CC(C1)C(O)C(C3)C2.OC1C2CC3CC1CC(C(O)CC1c4ccccc4-c4cncn41)(C3)C2.[B].[H-].[Na+]. The first-order valence-corrected chi connectivity index (χ1v) is 52.8. The number of aromatic nitrogens is 8. The van der Waals surface area contributed by atoms with Gasteiger partial charge in [-0.25, -0.2) is 19.9 Å². The second kappa shape index (κ2) is 34.8. The molecule has 0 amide bonds. The van der Waals surface area contributed by atoms with Crippen LogP contribution in [0.2, 0.25) is 36.3 Å². The molecule has 8 aromatic rings. The summed E-state index contributed by atoms with van der Waals surface area (Å²) in [5, 5.41) is 58.8. The molecule has 4 aromatic carbocycles. The van der Waals surface area contributed by atoms with Crippen molar-refractivity contribution in [1.82, 2.24) is 38.2 Å². The molecule has 4 aromatic heterocycles. The van der Waals surface area contributed by atoms with Crippen LogP contribution >= 0.6 is 0 Å². The van der Waals surface area contributed by atoms with E-state index >= 15 is 0 Å². The number of fused-ring (bicyclic) bond motifs is 12.